The third kappa shape index (κ3) is 4.71. The van der Waals surface area contributed by atoms with Gasteiger partial charge in [0.25, 0.3) is 0 Å². The summed E-state index contributed by atoms with van der Waals surface area (Å²) in [6, 6.07) is 9.94. The number of aromatic nitrogens is 1. The average molecular weight is 357 g/mol. The Hall–Kier alpha value is -1.79. The van der Waals surface area contributed by atoms with Gasteiger partial charge in [0.1, 0.15) is 11.6 Å². The molecule has 0 fully saturated rings. The minimum Gasteiger partial charge on any atom is -0.473 e. The normalized spacial score (nSPS) is 9.90. The number of halogens is 2. The number of carbonyl (C=O) groups excluding carboxylic acids is 1. The quantitative estimate of drug-likeness (QED) is 0.822. The monoisotopic (exact) mass is 355 g/mol. The largest absolute Gasteiger partial charge is 0.473 e. The zero-order valence-corrected chi connectivity index (χ0v) is 12.6. The number of benzene rings is 1. The molecule has 20 heavy (non-hydrogen) atoms. The second-order valence-corrected chi connectivity index (χ2v) is 5.09. The second-order valence-electron chi connectivity index (χ2n) is 3.74. The molecule has 1 aromatic heterocycles. The molecule has 1 aromatic carbocycles. The average Bonchev–Trinajstić information content (AvgIpc) is 2.44. The van der Waals surface area contributed by atoms with Gasteiger partial charge in [0.15, 0.2) is 6.73 Å². The van der Waals surface area contributed by atoms with E-state index in [1.165, 1.54) is 0 Å². The lowest BCUT2D eigenvalue weighted by Gasteiger charge is -2.09. The summed E-state index contributed by atoms with van der Waals surface area (Å²) in [6.45, 7) is 0.0456. The summed E-state index contributed by atoms with van der Waals surface area (Å²) < 4.78 is 6.17. The number of pyridine rings is 1. The molecule has 0 bridgehead atoms. The van der Waals surface area contributed by atoms with Crippen LogP contribution in [0, 0.1) is 0 Å². The molecule has 2 amide bonds. The molecule has 7 heteroatoms. The Kier molecular flexibility index (Phi) is 5.20. The van der Waals surface area contributed by atoms with E-state index in [0.717, 1.165) is 4.47 Å². The molecule has 0 unspecified atom stereocenters. The first kappa shape index (κ1) is 14.6. The number of ether oxygens (including phenoxy) is 1. The van der Waals surface area contributed by atoms with Crippen molar-refractivity contribution in [3.8, 4) is 5.75 Å². The molecule has 0 aliphatic heterocycles. The number of hydrogen-bond donors (Lipinski definition) is 2. The van der Waals surface area contributed by atoms with Gasteiger partial charge < -0.3 is 10.1 Å². The van der Waals surface area contributed by atoms with Gasteiger partial charge in [-0.1, -0.05) is 11.6 Å². The predicted molar refractivity (Wildman–Crippen MR) is 81.0 cm³/mol. The maximum atomic E-state index is 11.6. The molecule has 2 N–H and O–H groups in total. The highest BCUT2D eigenvalue weighted by molar-refractivity contribution is 9.10. The fraction of sp³-hybridized carbons (Fsp3) is 0.0769. The van der Waals surface area contributed by atoms with E-state index in [2.05, 4.69) is 31.5 Å². The van der Waals surface area contributed by atoms with Crippen molar-refractivity contribution in [2.45, 2.75) is 0 Å². The highest BCUT2D eigenvalue weighted by Gasteiger charge is 2.02. The van der Waals surface area contributed by atoms with Gasteiger partial charge >= 0.3 is 6.03 Å². The minimum atomic E-state index is -0.395. The summed E-state index contributed by atoms with van der Waals surface area (Å²) in [7, 11) is 0. The molecule has 0 spiro atoms. The van der Waals surface area contributed by atoms with Gasteiger partial charge in [-0.3, -0.25) is 5.32 Å². The summed E-state index contributed by atoms with van der Waals surface area (Å²) in [5, 5.41) is 5.76. The van der Waals surface area contributed by atoms with Gasteiger partial charge in [0.05, 0.1) is 0 Å². The minimum absolute atomic E-state index is 0.0456. The molecule has 2 aromatic rings. The Morgan fingerprint density at radius 1 is 1.25 bits per heavy atom. The van der Waals surface area contributed by atoms with E-state index in [9.17, 15) is 4.79 Å². The smallest absolute Gasteiger partial charge is 0.323 e. The van der Waals surface area contributed by atoms with Crippen LogP contribution in [0.15, 0.2) is 47.1 Å². The fourth-order valence-electron chi connectivity index (χ4n) is 1.33. The third-order valence-electron chi connectivity index (χ3n) is 2.25. The molecule has 0 aliphatic carbocycles. The Bertz CT molecular complexity index is 575. The van der Waals surface area contributed by atoms with E-state index in [4.69, 9.17) is 16.3 Å². The number of rotatable bonds is 4. The molecule has 0 aliphatic rings. The lowest BCUT2D eigenvalue weighted by molar-refractivity contribution is 0.234. The number of anilines is 1. The molecule has 2 rings (SSSR count). The van der Waals surface area contributed by atoms with E-state index in [1.807, 2.05) is 0 Å². The maximum absolute atomic E-state index is 11.6. The summed E-state index contributed by atoms with van der Waals surface area (Å²) in [5.74, 6) is 1.08. The van der Waals surface area contributed by atoms with Crippen LogP contribution in [0.3, 0.4) is 0 Å². The van der Waals surface area contributed by atoms with E-state index in [1.54, 1.807) is 42.6 Å². The maximum Gasteiger partial charge on any atom is 0.323 e. The second kappa shape index (κ2) is 7.12. The molecular formula is C13H11BrClN3O2. The lowest BCUT2D eigenvalue weighted by Crippen LogP contribution is -2.32. The Morgan fingerprint density at radius 3 is 2.65 bits per heavy atom. The fourth-order valence-corrected chi connectivity index (χ4v) is 1.69. The van der Waals surface area contributed by atoms with Crippen molar-refractivity contribution in [2.75, 3.05) is 12.0 Å². The van der Waals surface area contributed by atoms with Gasteiger partial charge in [-0.2, -0.15) is 0 Å². The van der Waals surface area contributed by atoms with Crippen molar-refractivity contribution in [3.63, 3.8) is 0 Å². The van der Waals surface area contributed by atoms with Crippen LogP contribution in [0.5, 0.6) is 5.75 Å². The third-order valence-corrected chi connectivity index (χ3v) is 2.98. The van der Waals surface area contributed by atoms with Crippen molar-refractivity contribution >= 4 is 39.4 Å². The zero-order chi connectivity index (χ0) is 14.4. The van der Waals surface area contributed by atoms with Crippen molar-refractivity contribution in [1.29, 1.82) is 0 Å². The van der Waals surface area contributed by atoms with E-state index >= 15 is 0 Å². The van der Waals surface area contributed by atoms with Gasteiger partial charge in [-0.05, 0) is 52.3 Å². The number of nitrogens with zero attached hydrogens (tertiary/aromatic N) is 1. The Morgan fingerprint density at radius 2 is 2.00 bits per heavy atom. The lowest BCUT2D eigenvalue weighted by atomic mass is 10.3. The highest BCUT2D eigenvalue weighted by Crippen LogP contribution is 2.15. The van der Waals surface area contributed by atoms with Crippen LogP contribution >= 0.6 is 27.5 Å². The van der Waals surface area contributed by atoms with Gasteiger partial charge in [-0.25, -0.2) is 9.78 Å². The van der Waals surface area contributed by atoms with Crippen LogP contribution in [0.2, 0.25) is 5.02 Å². The first-order valence-corrected chi connectivity index (χ1v) is 6.85. The molecular weight excluding hydrogens is 346 g/mol. The van der Waals surface area contributed by atoms with Gasteiger partial charge in [-0.15, -0.1) is 0 Å². The van der Waals surface area contributed by atoms with E-state index in [-0.39, 0.29) is 6.73 Å². The number of carbonyl (C=O) groups is 1. The van der Waals surface area contributed by atoms with Crippen molar-refractivity contribution < 1.29 is 9.53 Å². The molecule has 104 valence electrons. The molecule has 0 saturated heterocycles. The molecule has 5 nitrogen and oxygen atoms in total. The summed E-state index contributed by atoms with van der Waals surface area (Å²) in [5.41, 5.74) is 0. The first-order chi connectivity index (χ1) is 9.63. The summed E-state index contributed by atoms with van der Waals surface area (Å²) in [4.78, 5) is 15.6. The number of amides is 2. The summed E-state index contributed by atoms with van der Waals surface area (Å²) >= 11 is 9.02. The van der Waals surface area contributed by atoms with Crippen LogP contribution in [-0.4, -0.2) is 17.7 Å². The zero-order valence-electron chi connectivity index (χ0n) is 10.3. The predicted octanol–water partition coefficient (Wildman–Crippen LogP) is 3.66. The molecule has 0 radical (unpaired) electrons. The van der Waals surface area contributed by atoms with E-state index < -0.39 is 6.03 Å². The molecule has 0 saturated carbocycles. The van der Waals surface area contributed by atoms with Gasteiger partial charge in [0.2, 0.25) is 0 Å². The van der Waals surface area contributed by atoms with Crippen molar-refractivity contribution in [2.24, 2.45) is 0 Å². The van der Waals surface area contributed by atoms with Gasteiger partial charge in [0, 0.05) is 15.7 Å². The Labute approximate surface area is 129 Å². The SMILES string of the molecule is O=C(NCOc1ccc(Cl)cc1)Nc1ccc(Br)cn1. The molecule has 0 atom stereocenters. The molecule has 1 heterocycles. The van der Waals surface area contributed by atoms with Crippen LogP contribution in [-0.2, 0) is 0 Å². The van der Waals surface area contributed by atoms with Crippen LogP contribution in [0.4, 0.5) is 10.6 Å². The Balaban J connectivity index is 1.75. The van der Waals surface area contributed by atoms with Crippen LogP contribution in [0.1, 0.15) is 0 Å². The van der Waals surface area contributed by atoms with Crippen LogP contribution < -0.4 is 15.4 Å². The van der Waals surface area contributed by atoms with E-state index in [0.29, 0.717) is 16.6 Å². The van der Waals surface area contributed by atoms with Crippen molar-refractivity contribution in [3.05, 3.63) is 52.1 Å². The first-order valence-electron chi connectivity index (χ1n) is 5.68. The number of nitrogens with one attached hydrogen (secondary N) is 2. The number of urea groups is 1. The summed E-state index contributed by atoms with van der Waals surface area (Å²) in [6.07, 6.45) is 1.60. The highest BCUT2D eigenvalue weighted by atomic mass is 79.9. The standard InChI is InChI=1S/C13H11BrClN3O2/c14-9-1-6-12(16-7-9)18-13(19)17-8-20-11-4-2-10(15)3-5-11/h1-7H,8H2,(H2,16,17,18,19). The topological polar surface area (TPSA) is 63.2 Å². The van der Waals surface area contributed by atoms with Crippen molar-refractivity contribution in [1.82, 2.24) is 10.3 Å². The number of hydrogen-bond acceptors (Lipinski definition) is 3. The van der Waals surface area contributed by atoms with Crippen LogP contribution in [0.25, 0.3) is 0 Å².